The summed E-state index contributed by atoms with van der Waals surface area (Å²) in [6.07, 6.45) is 3.24. The molecule has 23 heavy (non-hydrogen) atoms. The van der Waals surface area contributed by atoms with Crippen molar-refractivity contribution in [1.82, 2.24) is 14.8 Å². The van der Waals surface area contributed by atoms with E-state index in [0.717, 1.165) is 23.1 Å². The predicted molar refractivity (Wildman–Crippen MR) is 89.4 cm³/mol. The van der Waals surface area contributed by atoms with Crippen LogP contribution in [0.5, 0.6) is 0 Å². The number of thiazole rings is 1. The highest BCUT2D eigenvalue weighted by Gasteiger charge is 2.32. The number of carbonyl (C=O) groups is 2. The SMILES string of the molecule is O=C(c1nc2ccccc2s1)N1CCN(C(=O)C2CCC2)CC1. The highest BCUT2D eigenvalue weighted by Crippen LogP contribution is 2.29. The zero-order valence-corrected chi connectivity index (χ0v) is 13.7. The van der Waals surface area contributed by atoms with Crippen LogP contribution in [0.4, 0.5) is 0 Å². The Labute approximate surface area is 138 Å². The summed E-state index contributed by atoms with van der Waals surface area (Å²) in [7, 11) is 0. The van der Waals surface area contributed by atoms with E-state index in [4.69, 9.17) is 0 Å². The maximum absolute atomic E-state index is 12.6. The highest BCUT2D eigenvalue weighted by atomic mass is 32.1. The first-order chi connectivity index (χ1) is 11.2. The number of amides is 2. The van der Waals surface area contributed by atoms with Crippen LogP contribution < -0.4 is 0 Å². The van der Waals surface area contributed by atoms with Crippen molar-refractivity contribution in [3.8, 4) is 0 Å². The molecule has 1 saturated carbocycles. The Hall–Kier alpha value is -1.95. The molecule has 1 aromatic heterocycles. The van der Waals surface area contributed by atoms with E-state index in [1.807, 2.05) is 34.1 Å². The summed E-state index contributed by atoms with van der Waals surface area (Å²) in [6, 6.07) is 7.80. The molecule has 2 amide bonds. The number of piperazine rings is 1. The second-order valence-electron chi connectivity index (χ2n) is 6.23. The molecule has 0 atom stereocenters. The molecule has 6 heteroatoms. The second kappa shape index (κ2) is 5.92. The van der Waals surface area contributed by atoms with Crippen molar-refractivity contribution in [3.05, 3.63) is 29.3 Å². The summed E-state index contributed by atoms with van der Waals surface area (Å²) < 4.78 is 1.04. The van der Waals surface area contributed by atoms with Crippen LogP contribution in [0.3, 0.4) is 0 Å². The van der Waals surface area contributed by atoms with Gasteiger partial charge in [-0.15, -0.1) is 11.3 Å². The number of aromatic nitrogens is 1. The third-order valence-corrected chi connectivity index (χ3v) is 5.83. The van der Waals surface area contributed by atoms with Gasteiger partial charge in [-0.25, -0.2) is 4.98 Å². The summed E-state index contributed by atoms with van der Waals surface area (Å²) in [4.78, 5) is 33.1. The summed E-state index contributed by atoms with van der Waals surface area (Å²) in [5.41, 5.74) is 0.875. The first-order valence-corrected chi connectivity index (χ1v) is 8.97. The molecule has 0 unspecified atom stereocenters. The number of benzene rings is 1. The Morgan fingerprint density at radius 2 is 1.74 bits per heavy atom. The molecule has 4 rings (SSSR count). The number of hydrogen-bond donors (Lipinski definition) is 0. The van der Waals surface area contributed by atoms with Gasteiger partial charge in [-0.3, -0.25) is 9.59 Å². The maximum Gasteiger partial charge on any atom is 0.282 e. The summed E-state index contributed by atoms with van der Waals surface area (Å²) in [5, 5.41) is 0.546. The van der Waals surface area contributed by atoms with Gasteiger partial charge in [-0.1, -0.05) is 18.6 Å². The van der Waals surface area contributed by atoms with E-state index in [9.17, 15) is 9.59 Å². The van der Waals surface area contributed by atoms with Crippen molar-refractivity contribution < 1.29 is 9.59 Å². The zero-order valence-electron chi connectivity index (χ0n) is 12.9. The third kappa shape index (κ3) is 2.72. The van der Waals surface area contributed by atoms with Gasteiger partial charge >= 0.3 is 0 Å². The topological polar surface area (TPSA) is 53.5 Å². The van der Waals surface area contributed by atoms with Gasteiger partial charge < -0.3 is 9.80 Å². The minimum atomic E-state index is -0.0121. The van der Waals surface area contributed by atoms with E-state index in [1.165, 1.54) is 17.8 Å². The molecule has 2 aromatic rings. The number of hydrogen-bond acceptors (Lipinski definition) is 4. The van der Waals surface area contributed by atoms with Crippen LogP contribution in [0.2, 0.25) is 0 Å². The standard InChI is InChI=1S/C17H19N3O2S/c21-16(12-4-3-5-12)19-8-10-20(11-9-19)17(22)15-18-13-6-1-2-7-14(13)23-15/h1-2,6-7,12H,3-5,8-11H2. The van der Waals surface area contributed by atoms with Crippen molar-refractivity contribution in [1.29, 1.82) is 0 Å². The average molecular weight is 329 g/mol. The number of rotatable bonds is 2. The number of para-hydroxylation sites is 1. The van der Waals surface area contributed by atoms with Crippen LogP contribution in [0.15, 0.2) is 24.3 Å². The van der Waals surface area contributed by atoms with E-state index in [-0.39, 0.29) is 17.7 Å². The lowest BCUT2D eigenvalue weighted by Gasteiger charge is -2.38. The van der Waals surface area contributed by atoms with Gasteiger partial charge in [-0.2, -0.15) is 0 Å². The van der Waals surface area contributed by atoms with Gasteiger partial charge in [0.2, 0.25) is 5.91 Å². The molecule has 5 nitrogen and oxygen atoms in total. The monoisotopic (exact) mass is 329 g/mol. The minimum Gasteiger partial charge on any atom is -0.339 e. The molecule has 0 N–H and O–H groups in total. The third-order valence-electron chi connectivity index (χ3n) is 4.81. The van der Waals surface area contributed by atoms with E-state index >= 15 is 0 Å². The molecular formula is C17H19N3O2S. The van der Waals surface area contributed by atoms with Crippen LogP contribution >= 0.6 is 11.3 Å². The fourth-order valence-corrected chi connectivity index (χ4v) is 4.08. The molecule has 0 spiro atoms. The van der Waals surface area contributed by atoms with E-state index in [0.29, 0.717) is 31.2 Å². The minimum absolute atomic E-state index is 0.0121. The first-order valence-electron chi connectivity index (χ1n) is 8.16. The van der Waals surface area contributed by atoms with Crippen LogP contribution in [0.25, 0.3) is 10.2 Å². The lowest BCUT2D eigenvalue weighted by atomic mass is 9.84. The molecular weight excluding hydrogens is 310 g/mol. The predicted octanol–water partition coefficient (Wildman–Crippen LogP) is 2.38. The Bertz CT molecular complexity index is 712. The number of carbonyl (C=O) groups excluding carboxylic acids is 2. The molecule has 1 saturated heterocycles. The molecule has 120 valence electrons. The molecule has 0 bridgehead atoms. The molecule has 2 aliphatic rings. The van der Waals surface area contributed by atoms with Crippen molar-refractivity contribution in [2.45, 2.75) is 19.3 Å². The zero-order chi connectivity index (χ0) is 15.8. The lowest BCUT2D eigenvalue weighted by molar-refractivity contribution is -0.139. The molecule has 0 radical (unpaired) electrons. The van der Waals surface area contributed by atoms with Gasteiger partial charge in [0.05, 0.1) is 10.2 Å². The van der Waals surface area contributed by atoms with Crippen molar-refractivity contribution in [2.75, 3.05) is 26.2 Å². The van der Waals surface area contributed by atoms with E-state index < -0.39 is 0 Å². The van der Waals surface area contributed by atoms with Crippen LogP contribution in [-0.2, 0) is 4.79 Å². The maximum atomic E-state index is 12.6. The average Bonchev–Trinajstić information content (AvgIpc) is 2.96. The molecule has 1 aliphatic heterocycles. The molecule has 2 fully saturated rings. The second-order valence-corrected chi connectivity index (χ2v) is 7.26. The van der Waals surface area contributed by atoms with Crippen molar-refractivity contribution >= 4 is 33.4 Å². The van der Waals surface area contributed by atoms with E-state index in [1.54, 1.807) is 0 Å². The Balaban J connectivity index is 1.41. The largest absolute Gasteiger partial charge is 0.339 e. The Morgan fingerprint density at radius 3 is 2.39 bits per heavy atom. The fraction of sp³-hybridized carbons (Fsp3) is 0.471. The van der Waals surface area contributed by atoms with Crippen LogP contribution in [0.1, 0.15) is 29.1 Å². The van der Waals surface area contributed by atoms with Crippen LogP contribution in [0, 0.1) is 5.92 Å². The van der Waals surface area contributed by atoms with Gasteiger partial charge in [0.15, 0.2) is 5.01 Å². The van der Waals surface area contributed by atoms with Gasteiger partial charge in [0, 0.05) is 32.1 Å². The van der Waals surface area contributed by atoms with Gasteiger partial charge in [0.25, 0.3) is 5.91 Å². The van der Waals surface area contributed by atoms with Crippen LogP contribution in [-0.4, -0.2) is 52.8 Å². The molecule has 1 aromatic carbocycles. The quantitative estimate of drug-likeness (QED) is 0.850. The molecule has 1 aliphatic carbocycles. The first kappa shape index (κ1) is 14.6. The lowest BCUT2D eigenvalue weighted by Crippen LogP contribution is -2.52. The summed E-state index contributed by atoms with van der Waals surface area (Å²) >= 11 is 1.44. The summed E-state index contributed by atoms with van der Waals surface area (Å²) in [5.74, 6) is 0.506. The van der Waals surface area contributed by atoms with Gasteiger partial charge in [0.1, 0.15) is 0 Å². The normalized spacial score (nSPS) is 19.0. The smallest absolute Gasteiger partial charge is 0.282 e. The fourth-order valence-electron chi connectivity index (χ4n) is 3.14. The number of nitrogens with zero attached hydrogens (tertiary/aromatic N) is 3. The van der Waals surface area contributed by atoms with Crippen molar-refractivity contribution in [3.63, 3.8) is 0 Å². The van der Waals surface area contributed by atoms with E-state index in [2.05, 4.69) is 4.98 Å². The van der Waals surface area contributed by atoms with Crippen molar-refractivity contribution in [2.24, 2.45) is 5.92 Å². The number of fused-ring (bicyclic) bond motifs is 1. The highest BCUT2D eigenvalue weighted by molar-refractivity contribution is 7.20. The Kier molecular flexibility index (Phi) is 3.77. The Morgan fingerprint density at radius 1 is 1.04 bits per heavy atom. The molecule has 2 heterocycles. The summed E-state index contributed by atoms with van der Waals surface area (Å²) in [6.45, 7) is 2.50. The van der Waals surface area contributed by atoms with Gasteiger partial charge in [-0.05, 0) is 25.0 Å².